The summed E-state index contributed by atoms with van der Waals surface area (Å²) in [5, 5.41) is 13.9. The van der Waals surface area contributed by atoms with E-state index in [0.29, 0.717) is 6.42 Å². The lowest BCUT2D eigenvalue weighted by molar-refractivity contribution is -0.138. The van der Waals surface area contributed by atoms with Gasteiger partial charge in [-0.3, -0.25) is 14.9 Å². The normalized spacial score (nSPS) is 17.7. The fraction of sp³-hybridized carbons (Fsp3) is 0.222. The largest absolute Gasteiger partial charge is 0.481 e. The number of aliphatic carboxylic acids is 1. The van der Waals surface area contributed by atoms with Crippen molar-refractivity contribution in [1.29, 1.82) is 0 Å². The SMILES string of the molecule is O=C(Nc1cccc(C(=O)NC[C@@H]2C[C@@H]2C(=O)O)c1F)OCC1c2ccccc2-c2ccccc21. The summed E-state index contributed by atoms with van der Waals surface area (Å²) in [6.07, 6.45) is -0.341. The van der Waals surface area contributed by atoms with Gasteiger partial charge in [-0.05, 0) is 46.7 Å². The number of ether oxygens (including phenoxy) is 1. The maximum Gasteiger partial charge on any atom is 0.411 e. The molecule has 3 aromatic carbocycles. The van der Waals surface area contributed by atoms with Crippen molar-refractivity contribution in [2.45, 2.75) is 12.3 Å². The highest BCUT2D eigenvalue weighted by atomic mass is 19.1. The van der Waals surface area contributed by atoms with Crippen molar-refractivity contribution in [3.63, 3.8) is 0 Å². The Labute approximate surface area is 200 Å². The predicted molar refractivity (Wildman–Crippen MR) is 127 cm³/mol. The molecule has 0 spiro atoms. The summed E-state index contributed by atoms with van der Waals surface area (Å²) in [7, 11) is 0. The van der Waals surface area contributed by atoms with E-state index in [1.807, 2.05) is 48.5 Å². The molecule has 2 amide bonds. The van der Waals surface area contributed by atoms with E-state index in [1.165, 1.54) is 18.2 Å². The Hall–Kier alpha value is -4.20. The number of rotatable bonds is 7. The van der Waals surface area contributed by atoms with Gasteiger partial charge >= 0.3 is 12.1 Å². The van der Waals surface area contributed by atoms with Crippen molar-refractivity contribution in [2.24, 2.45) is 11.8 Å². The number of carbonyl (C=O) groups is 3. The van der Waals surface area contributed by atoms with Gasteiger partial charge in [0.15, 0.2) is 5.82 Å². The molecular weight excluding hydrogens is 451 g/mol. The van der Waals surface area contributed by atoms with E-state index in [4.69, 9.17) is 9.84 Å². The van der Waals surface area contributed by atoms with Gasteiger partial charge in [-0.15, -0.1) is 0 Å². The van der Waals surface area contributed by atoms with Crippen LogP contribution >= 0.6 is 0 Å². The highest BCUT2D eigenvalue weighted by Gasteiger charge is 2.43. The van der Waals surface area contributed by atoms with Crippen molar-refractivity contribution in [3.8, 4) is 11.1 Å². The van der Waals surface area contributed by atoms with Crippen LogP contribution in [0.4, 0.5) is 14.9 Å². The highest BCUT2D eigenvalue weighted by Crippen LogP contribution is 2.44. The molecule has 8 heteroatoms. The number of carboxylic acid groups (broad SMARTS) is 1. The number of halogens is 1. The molecule has 0 unspecified atom stereocenters. The Morgan fingerprint density at radius 2 is 1.60 bits per heavy atom. The van der Waals surface area contributed by atoms with Crippen LogP contribution in [0.25, 0.3) is 11.1 Å². The third kappa shape index (κ3) is 4.47. The van der Waals surface area contributed by atoms with Crippen LogP contribution < -0.4 is 10.6 Å². The average molecular weight is 474 g/mol. The minimum atomic E-state index is -0.898. The van der Waals surface area contributed by atoms with Crippen LogP contribution in [-0.4, -0.2) is 36.2 Å². The zero-order valence-electron chi connectivity index (χ0n) is 18.7. The lowest BCUT2D eigenvalue weighted by Crippen LogP contribution is -2.28. The number of nitrogens with one attached hydrogen (secondary N) is 2. The summed E-state index contributed by atoms with van der Waals surface area (Å²) in [5.41, 5.74) is 3.91. The van der Waals surface area contributed by atoms with Gasteiger partial charge in [-0.2, -0.15) is 0 Å². The summed E-state index contributed by atoms with van der Waals surface area (Å²) in [6, 6.07) is 20.0. The summed E-state index contributed by atoms with van der Waals surface area (Å²) in [6.45, 7) is 0.229. The zero-order chi connectivity index (χ0) is 24.5. The fourth-order valence-electron chi connectivity index (χ4n) is 4.64. The fourth-order valence-corrected chi connectivity index (χ4v) is 4.64. The first-order chi connectivity index (χ1) is 16.9. The van der Waals surface area contributed by atoms with Crippen molar-refractivity contribution in [3.05, 3.63) is 89.2 Å². The van der Waals surface area contributed by atoms with Crippen molar-refractivity contribution < 1.29 is 28.6 Å². The van der Waals surface area contributed by atoms with Crippen molar-refractivity contribution in [1.82, 2.24) is 5.32 Å². The molecule has 5 rings (SSSR count). The minimum Gasteiger partial charge on any atom is -0.481 e. The molecule has 0 bridgehead atoms. The lowest BCUT2D eigenvalue weighted by Gasteiger charge is -2.15. The second kappa shape index (κ2) is 9.21. The van der Waals surface area contributed by atoms with E-state index >= 15 is 0 Å². The highest BCUT2D eigenvalue weighted by molar-refractivity contribution is 5.96. The smallest absolute Gasteiger partial charge is 0.411 e. The van der Waals surface area contributed by atoms with Gasteiger partial charge < -0.3 is 15.2 Å². The zero-order valence-corrected chi connectivity index (χ0v) is 18.7. The van der Waals surface area contributed by atoms with Crippen molar-refractivity contribution in [2.75, 3.05) is 18.5 Å². The predicted octanol–water partition coefficient (Wildman–Crippen LogP) is 4.64. The summed E-state index contributed by atoms with van der Waals surface area (Å²) in [5.74, 6) is -3.21. The minimum absolute atomic E-state index is 0.0772. The molecule has 0 aliphatic heterocycles. The Bertz CT molecular complexity index is 1280. The van der Waals surface area contributed by atoms with E-state index in [9.17, 15) is 18.8 Å². The Morgan fingerprint density at radius 1 is 0.943 bits per heavy atom. The van der Waals surface area contributed by atoms with Crippen LogP contribution in [0.15, 0.2) is 66.7 Å². The lowest BCUT2D eigenvalue weighted by atomic mass is 9.98. The van der Waals surface area contributed by atoms with Gasteiger partial charge in [0.05, 0.1) is 17.2 Å². The maximum absolute atomic E-state index is 14.9. The Kier molecular flexibility index (Phi) is 5.94. The van der Waals surface area contributed by atoms with Gasteiger partial charge in [-0.1, -0.05) is 54.6 Å². The average Bonchev–Trinajstić information content (AvgIpc) is 3.58. The quantitative estimate of drug-likeness (QED) is 0.463. The standard InChI is InChI=1S/C27H23FN2O5/c28-24-20(25(31)29-13-15-12-21(15)26(32)33)10-5-11-23(24)30-27(34)35-14-22-18-8-3-1-6-16(18)17-7-2-4-9-19(17)22/h1-11,15,21-22H,12-14H2,(H,29,31)(H,30,34)(H,32,33)/t15-,21-/m0/s1. The number of carbonyl (C=O) groups excluding carboxylic acids is 2. The van der Waals surface area contributed by atoms with Crippen LogP contribution in [-0.2, 0) is 9.53 Å². The van der Waals surface area contributed by atoms with Gasteiger partial charge in [0.1, 0.15) is 6.61 Å². The number of fused-ring (bicyclic) bond motifs is 3. The maximum atomic E-state index is 14.9. The molecule has 3 aromatic rings. The van der Waals surface area contributed by atoms with Gasteiger partial charge in [0, 0.05) is 12.5 Å². The monoisotopic (exact) mass is 474 g/mol. The first-order valence-corrected chi connectivity index (χ1v) is 11.4. The van der Waals surface area contributed by atoms with E-state index in [-0.39, 0.29) is 36.2 Å². The van der Waals surface area contributed by atoms with E-state index in [1.54, 1.807) is 0 Å². The number of anilines is 1. The Morgan fingerprint density at radius 3 is 2.23 bits per heavy atom. The number of amides is 2. The molecule has 0 heterocycles. The summed E-state index contributed by atoms with van der Waals surface area (Å²) in [4.78, 5) is 35.8. The molecule has 35 heavy (non-hydrogen) atoms. The van der Waals surface area contributed by atoms with Crippen LogP contribution in [0, 0.1) is 17.7 Å². The summed E-state index contributed by atoms with van der Waals surface area (Å²) >= 11 is 0. The second-order valence-corrected chi connectivity index (χ2v) is 8.77. The number of hydrogen-bond donors (Lipinski definition) is 3. The molecule has 0 radical (unpaired) electrons. The summed E-state index contributed by atoms with van der Waals surface area (Å²) < 4.78 is 20.4. The third-order valence-electron chi connectivity index (χ3n) is 6.59. The molecule has 0 aromatic heterocycles. The molecule has 2 aliphatic carbocycles. The first-order valence-electron chi connectivity index (χ1n) is 11.4. The molecule has 7 nitrogen and oxygen atoms in total. The van der Waals surface area contributed by atoms with Gasteiger partial charge in [0.2, 0.25) is 0 Å². The van der Waals surface area contributed by atoms with Gasteiger partial charge in [-0.25, -0.2) is 9.18 Å². The van der Waals surface area contributed by atoms with Crippen LogP contribution in [0.1, 0.15) is 33.8 Å². The molecule has 3 N–H and O–H groups in total. The third-order valence-corrected chi connectivity index (χ3v) is 6.59. The molecular formula is C27H23FN2O5. The molecule has 2 atom stereocenters. The number of carboxylic acids is 1. The van der Waals surface area contributed by atoms with E-state index in [0.717, 1.165) is 22.3 Å². The molecule has 2 aliphatic rings. The number of hydrogen-bond acceptors (Lipinski definition) is 4. The molecule has 1 saturated carbocycles. The topological polar surface area (TPSA) is 105 Å². The van der Waals surface area contributed by atoms with E-state index in [2.05, 4.69) is 10.6 Å². The first kappa shape index (κ1) is 22.6. The molecule has 1 fully saturated rings. The van der Waals surface area contributed by atoms with Crippen molar-refractivity contribution >= 4 is 23.7 Å². The molecule has 178 valence electrons. The second-order valence-electron chi connectivity index (χ2n) is 8.77. The molecule has 0 saturated heterocycles. The number of benzene rings is 3. The Balaban J connectivity index is 1.22. The van der Waals surface area contributed by atoms with Crippen LogP contribution in [0.5, 0.6) is 0 Å². The van der Waals surface area contributed by atoms with Crippen LogP contribution in [0.3, 0.4) is 0 Å². The van der Waals surface area contributed by atoms with Crippen LogP contribution in [0.2, 0.25) is 0 Å². The van der Waals surface area contributed by atoms with E-state index < -0.39 is 29.7 Å². The van der Waals surface area contributed by atoms with Gasteiger partial charge in [0.25, 0.3) is 5.91 Å².